The van der Waals surface area contributed by atoms with Gasteiger partial charge in [-0.1, -0.05) is 6.07 Å². The maximum absolute atomic E-state index is 6.07. The van der Waals surface area contributed by atoms with Crippen LogP contribution in [-0.2, 0) is 0 Å². The minimum absolute atomic E-state index is 0.400. The molecule has 0 amide bonds. The van der Waals surface area contributed by atoms with Gasteiger partial charge in [-0.15, -0.1) is 11.8 Å². The van der Waals surface area contributed by atoms with Crippen molar-refractivity contribution in [3.63, 3.8) is 0 Å². The summed E-state index contributed by atoms with van der Waals surface area (Å²) in [6.45, 7) is 4.32. The predicted octanol–water partition coefficient (Wildman–Crippen LogP) is 3.13. The monoisotopic (exact) mass is 221 g/mol. The normalized spacial score (nSPS) is 17.8. The molecule has 1 aliphatic carbocycles. The van der Waals surface area contributed by atoms with Crippen LogP contribution < -0.4 is 5.73 Å². The highest BCUT2D eigenvalue weighted by Crippen LogP contribution is 2.34. The summed E-state index contributed by atoms with van der Waals surface area (Å²) in [6.07, 6.45) is 2.68. The van der Waals surface area contributed by atoms with Gasteiger partial charge in [0.15, 0.2) is 0 Å². The van der Waals surface area contributed by atoms with E-state index in [9.17, 15) is 0 Å². The molecule has 0 aromatic heterocycles. The van der Waals surface area contributed by atoms with Crippen LogP contribution in [0.25, 0.3) is 0 Å². The van der Waals surface area contributed by atoms with Crippen molar-refractivity contribution in [3.8, 4) is 0 Å². The molecule has 2 rings (SSSR count). The summed E-state index contributed by atoms with van der Waals surface area (Å²) in [5.41, 5.74) is 8.82. The third-order valence-electron chi connectivity index (χ3n) is 3.15. The second-order valence-corrected chi connectivity index (χ2v) is 5.65. The maximum Gasteiger partial charge on any atom is 0.0162 e. The number of thioether (sulfide) groups is 1. The molecule has 1 aromatic rings. The molecular weight excluding hydrogens is 202 g/mol. The van der Waals surface area contributed by atoms with Gasteiger partial charge in [-0.05, 0) is 55.9 Å². The fraction of sp³-hybridized carbons (Fsp3) is 0.538. The van der Waals surface area contributed by atoms with Gasteiger partial charge in [0.25, 0.3) is 0 Å². The van der Waals surface area contributed by atoms with E-state index >= 15 is 0 Å². The van der Waals surface area contributed by atoms with Gasteiger partial charge in [0.1, 0.15) is 0 Å². The fourth-order valence-corrected chi connectivity index (χ4v) is 2.74. The Morgan fingerprint density at radius 3 is 2.67 bits per heavy atom. The van der Waals surface area contributed by atoms with Crippen LogP contribution in [0.1, 0.15) is 24.0 Å². The summed E-state index contributed by atoms with van der Waals surface area (Å²) in [6, 6.07) is 7.06. The molecule has 1 saturated carbocycles. The summed E-state index contributed by atoms with van der Waals surface area (Å²) in [4.78, 5) is 1.36. The molecule has 0 bridgehead atoms. The Balaban J connectivity index is 1.89. The highest BCUT2D eigenvalue weighted by atomic mass is 32.2. The Kier molecular flexibility index (Phi) is 3.37. The van der Waals surface area contributed by atoms with E-state index in [1.165, 1.54) is 28.9 Å². The molecule has 0 spiro atoms. The van der Waals surface area contributed by atoms with Gasteiger partial charge in [-0.25, -0.2) is 0 Å². The first kappa shape index (κ1) is 11.0. The zero-order valence-corrected chi connectivity index (χ0v) is 10.3. The Labute approximate surface area is 96.4 Å². The average Bonchev–Trinajstić information content (AvgIpc) is 3.03. The molecule has 82 valence electrons. The lowest BCUT2D eigenvalue weighted by Gasteiger charge is -2.10. The second kappa shape index (κ2) is 4.58. The Morgan fingerprint density at radius 2 is 2.07 bits per heavy atom. The molecule has 0 heterocycles. The van der Waals surface area contributed by atoms with Crippen LogP contribution in [-0.4, -0.2) is 11.8 Å². The van der Waals surface area contributed by atoms with E-state index in [1.54, 1.807) is 0 Å². The molecular formula is C13H19NS. The van der Waals surface area contributed by atoms with Crippen molar-refractivity contribution < 1.29 is 0 Å². The van der Waals surface area contributed by atoms with Crippen molar-refractivity contribution in [2.45, 2.75) is 37.6 Å². The molecule has 0 aliphatic heterocycles. The maximum atomic E-state index is 6.07. The van der Waals surface area contributed by atoms with Crippen molar-refractivity contribution in [1.82, 2.24) is 0 Å². The molecule has 2 heteroatoms. The smallest absolute Gasteiger partial charge is 0.0162 e. The van der Waals surface area contributed by atoms with Crippen LogP contribution in [0.5, 0.6) is 0 Å². The molecule has 2 N–H and O–H groups in total. The number of nitrogens with two attached hydrogens (primary N) is 1. The number of aryl methyl sites for hydroxylation is 2. The zero-order valence-electron chi connectivity index (χ0n) is 9.49. The molecule has 1 aromatic carbocycles. The predicted molar refractivity (Wildman–Crippen MR) is 67.3 cm³/mol. The second-order valence-electron chi connectivity index (χ2n) is 4.56. The largest absolute Gasteiger partial charge is 0.327 e. The van der Waals surface area contributed by atoms with E-state index in [0.717, 1.165) is 11.7 Å². The average molecular weight is 221 g/mol. The van der Waals surface area contributed by atoms with E-state index in [0.29, 0.717) is 6.04 Å². The summed E-state index contributed by atoms with van der Waals surface area (Å²) in [5.74, 6) is 1.87. The number of rotatable bonds is 4. The van der Waals surface area contributed by atoms with Crippen LogP contribution in [0, 0.1) is 19.8 Å². The first-order valence-corrected chi connectivity index (χ1v) is 6.61. The van der Waals surface area contributed by atoms with Crippen LogP contribution in [0.3, 0.4) is 0 Å². The van der Waals surface area contributed by atoms with E-state index in [4.69, 9.17) is 5.73 Å². The van der Waals surface area contributed by atoms with Gasteiger partial charge in [-0.3, -0.25) is 0 Å². The van der Waals surface area contributed by atoms with Gasteiger partial charge >= 0.3 is 0 Å². The Bertz CT molecular complexity index is 344. The standard InChI is InChI=1S/C13H19NS/c1-9-3-6-12(7-10(9)2)15-8-13(14)11-4-5-11/h3,6-7,11,13H,4-5,8,14H2,1-2H3. The number of hydrogen-bond acceptors (Lipinski definition) is 2. The first-order valence-electron chi connectivity index (χ1n) is 5.62. The molecule has 15 heavy (non-hydrogen) atoms. The zero-order chi connectivity index (χ0) is 10.8. The van der Waals surface area contributed by atoms with Crippen LogP contribution in [0.4, 0.5) is 0 Å². The molecule has 1 nitrogen and oxygen atoms in total. The topological polar surface area (TPSA) is 26.0 Å². The third-order valence-corrected chi connectivity index (χ3v) is 4.29. The van der Waals surface area contributed by atoms with Crippen molar-refractivity contribution in [2.75, 3.05) is 5.75 Å². The van der Waals surface area contributed by atoms with Gasteiger partial charge in [0.2, 0.25) is 0 Å². The molecule has 0 saturated heterocycles. The SMILES string of the molecule is Cc1ccc(SCC(N)C2CC2)cc1C. The minimum atomic E-state index is 0.400. The number of benzene rings is 1. The van der Waals surface area contributed by atoms with E-state index < -0.39 is 0 Å². The Morgan fingerprint density at radius 1 is 1.33 bits per heavy atom. The Hall–Kier alpha value is -0.470. The molecule has 1 fully saturated rings. The van der Waals surface area contributed by atoms with Crippen molar-refractivity contribution in [1.29, 1.82) is 0 Å². The van der Waals surface area contributed by atoms with Crippen molar-refractivity contribution in [3.05, 3.63) is 29.3 Å². The van der Waals surface area contributed by atoms with Gasteiger partial charge in [0, 0.05) is 16.7 Å². The lowest BCUT2D eigenvalue weighted by Crippen LogP contribution is -2.24. The highest BCUT2D eigenvalue weighted by Gasteiger charge is 2.28. The summed E-state index contributed by atoms with van der Waals surface area (Å²) in [7, 11) is 0. The molecule has 1 aliphatic rings. The van der Waals surface area contributed by atoms with Crippen LogP contribution >= 0.6 is 11.8 Å². The summed E-state index contributed by atoms with van der Waals surface area (Å²) in [5, 5.41) is 0. The highest BCUT2D eigenvalue weighted by molar-refractivity contribution is 7.99. The van der Waals surface area contributed by atoms with Crippen LogP contribution in [0.2, 0.25) is 0 Å². The first-order chi connectivity index (χ1) is 7.16. The quantitative estimate of drug-likeness (QED) is 0.791. The summed E-state index contributed by atoms with van der Waals surface area (Å²) >= 11 is 1.89. The van der Waals surface area contributed by atoms with E-state index in [1.807, 2.05) is 11.8 Å². The van der Waals surface area contributed by atoms with Gasteiger partial charge in [0.05, 0.1) is 0 Å². The molecule has 0 radical (unpaired) electrons. The summed E-state index contributed by atoms with van der Waals surface area (Å²) < 4.78 is 0. The van der Waals surface area contributed by atoms with Crippen LogP contribution in [0.15, 0.2) is 23.1 Å². The lowest BCUT2D eigenvalue weighted by molar-refractivity contribution is 0.659. The van der Waals surface area contributed by atoms with Crippen molar-refractivity contribution in [2.24, 2.45) is 11.7 Å². The van der Waals surface area contributed by atoms with Gasteiger partial charge < -0.3 is 5.73 Å². The molecule has 1 unspecified atom stereocenters. The lowest BCUT2D eigenvalue weighted by atomic mass is 10.1. The van der Waals surface area contributed by atoms with E-state index in [-0.39, 0.29) is 0 Å². The molecule has 1 atom stereocenters. The minimum Gasteiger partial charge on any atom is -0.327 e. The van der Waals surface area contributed by atoms with Crippen molar-refractivity contribution >= 4 is 11.8 Å². The number of hydrogen-bond donors (Lipinski definition) is 1. The van der Waals surface area contributed by atoms with Gasteiger partial charge in [-0.2, -0.15) is 0 Å². The third kappa shape index (κ3) is 2.99. The fourth-order valence-electron chi connectivity index (χ4n) is 1.66. The van der Waals surface area contributed by atoms with E-state index in [2.05, 4.69) is 32.0 Å².